The summed E-state index contributed by atoms with van der Waals surface area (Å²) in [4.78, 5) is 16.9. The van der Waals surface area contributed by atoms with Crippen molar-refractivity contribution in [3.05, 3.63) is 75.6 Å². The van der Waals surface area contributed by atoms with E-state index in [0.29, 0.717) is 11.3 Å². The van der Waals surface area contributed by atoms with Gasteiger partial charge in [-0.05, 0) is 35.7 Å². The van der Waals surface area contributed by atoms with E-state index in [1.54, 1.807) is 19.2 Å². The second-order valence-electron chi connectivity index (χ2n) is 7.43. The highest BCUT2D eigenvalue weighted by Crippen LogP contribution is 2.24. The molecule has 1 saturated heterocycles. The van der Waals surface area contributed by atoms with Crippen LogP contribution < -0.4 is 10.4 Å². The van der Waals surface area contributed by atoms with Gasteiger partial charge in [0.2, 0.25) is 0 Å². The minimum atomic E-state index is -0.311. The third-order valence-electron chi connectivity index (χ3n) is 5.55. The van der Waals surface area contributed by atoms with E-state index in [1.165, 1.54) is 11.1 Å². The Balaban J connectivity index is 1.44. The van der Waals surface area contributed by atoms with E-state index < -0.39 is 0 Å². The summed E-state index contributed by atoms with van der Waals surface area (Å²) in [6.45, 7) is 7.97. The largest absolute Gasteiger partial charge is 0.497 e. The molecule has 0 aliphatic carbocycles. The van der Waals surface area contributed by atoms with Gasteiger partial charge in [-0.1, -0.05) is 24.3 Å². The molecule has 0 spiro atoms. The zero-order valence-electron chi connectivity index (χ0n) is 16.5. The molecule has 1 fully saturated rings. The van der Waals surface area contributed by atoms with Crippen molar-refractivity contribution in [2.45, 2.75) is 20.0 Å². The molecule has 0 N–H and O–H groups in total. The van der Waals surface area contributed by atoms with Gasteiger partial charge in [0.25, 0.3) is 0 Å². The van der Waals surface area contributed by atoms with Crippen molar-refractivity contribution in [1.29, 1.82) is 0 Å². The van der Waals surface area contributed by atoms with Crippen LogP contribution in [0.3, 0.4) is 0 Å². The Hall–Kier alpha value is -2.63. The first-order valence-electron chi connectivity index (χ1n) is 9.72. The summed E-state index contributed by atoms with van der Waals surface area (Å²) in [6.07, 6.45) is 0. The molecule has 1 aliphatic rings. The molecule has 0 amide bonds. The van der Waals surface area contributed by atoms with Gasteiger partial charge in [0.15, 0.2) is 0 Å². The standard InChI is InChI=1S/C23H26N2O3/c1-17-5-3-4-6-18(17)15-24-9-11-25(12-10-24)16-19-13-23(26)28-22-14-20(27-2)7-8-21(19)22/h3-8,13-14H,9-12,15-16H2,1-2H3. The smallest absolute Gasteiger partial charge is 0.336 e. The van der Waals surface area contributed by atoms with Crippen LogP contribution in [0.2, 0.25) is 0 Å². The number of benzene rings is 2. The van der Waals surface area contributed by atoms with Crippen LogP contribution in [0.1, 0.15) is 16.7 Å². The maximum absolute atomic E-state index is 12.0. The summed E-state index contributed by atoms with van der Waals surface area (Å²) in [5, 5.41) is 0.975. The fraction of sp³-hybridized carbons (Fsp3) is 0.348. The van der Waals surface area contributed by atoms with Crippen LogP contribution in [-0.4, -0.2) is 43.1 Å². The number of methoxy groups -OCH3 is 1. The van der Waals surface area contributed by atoms with Gasteiger partial charge >= 0.3 is 5.63 Å². The van der Waals surface area contributed by atoms with E-state index in [2.05, 4.69) is 41.0 Å². The molecule has 4 rings (SSSR count). The predicted molar refractivity (Wildman–Crippen MR) is 111 cm³/mol. The molecule has 0 bridgehead atoms. The molecule has 0 saturated carbocycles. The molecule has 5 heteroatoms. The van der Waals surface area contributed by atoms with Crippen LogP contribution in [0.25, 0.3) is 11.0 Å². The Labute approximate surface area is 165 Å². The first kappa shape index (κ1) is 18.7. The first-order chi connectivity index (χ1) is 13.6. The predicted octanol–water partition coefficient (Wildman–Crippen LogP) is 3.43. The quantitative estimate of drug-likeness (QED) is 0.637. The van der Waals surface area contributed by atoms with Gasteiger partial charge < -0.3 is 9.15 Å². The van der Waals surface area contributed by atoms with Crippen molar-refractivity contribution in [2.75, 3.05) is 33.3 Å². The van der Waals surface area contributed by atoms with E-state index in [4.69, 9.17) is 9.15 Å². The lowest BCUT2D eigenvalue weighted by atomic mass is 10.1. The lowest BCUT2D eigenvalue weighted by Crippen LogP contribution is -2.45. The molecule has 0 atom stereocenters. The van der Waals surface area contributed by atoms with Gasteiger partial charge in [-0.25, -0.2) is 4.79 Å². The van der Waals surface area contributed by atoms with Gasteiger partial charge in [-0.3, -0.25) is 9.80 Å². The SMILES string of the molecule is COc1ccc2c(CN3CCN(Cc4ccccc4C)CC3)cc(=O)oc2c1. The maximum Gasteiger partial charge on any atom is 0.336 e. The molecule has 1 aliphatic heterocycles. The van der Waals surface area contributed by atoms with Crippen molar-refractivity contribution >= 4 is 11.0 Å². The highest BCUT2D eigenvalue weighted by Gasteiger charge is 2.19. The Morgan fingerprint density at radius 3 is 2.29 bits per heavy atom. The van der Waals surface area contributed by atoms with Crippen LogP contribution in [0.15, 0.2) is 57.7 Å². The van der Waals surface area contributed by atoms with Gasteiger partial charge in [-0.2, -0.15) is 0 Å². The fourth-order valence-corrected chi connectivity index (χ4v) is 3.84. The number of piperazine rings is 1. The average Bonchev–Trinajstić information content (AvgIpc) is 2.70. The van der Waals surface area contributed by atoms with Gasteiger partial charge in [0.05, 0.1) is 7.11 Å². The summed E-state index contributed by atoms with van der Waals surface area (Å²) in [6, 6.07) is 15.9. The number of fused-ring (bicyclic) bond motifs is 1. The molecule has 146 valence electrons. The first-order valence-corrected chi connectivity index (χ1v) is 9.72. The highest BCUT2D eigenvalue weighted by atomic mass is 16.5. The Morgan fingerprint density at radius 1 is 0.929 bits per heavy atom. The lowest BCUT2D eigenvalue weighted by Gasteiger charge is -2.35. The van der Waals surface area contributed by atoms with Crippen molar-refractivity contribution in [3.8, 4) is 5.75 Å². The molecule has 28 heavy (non-hydrogen) atoms. The molecular formula is C23H26N2O3. The fourth-order valence-electron chi connectivity index (χ4n) is 3.84. The summed E-state index contributed by atoms with van der Waals surface area (Å²) in [5.41, 5.74) is 4.04. The molecule has 5 nitrogen and oxygen atoms in total. The van der Waals surface area contributed by atoms with E-state index in [1.807, 2.05) is 12.1 Å². The van der Waals surface area contributed by atoms with Crippen molar-refractivity contribution < 1.29 is 9.15 Å². The molecule has 3 aromatic rings. The monoisotopic (exact) mass is 378 g/mol. The van der Waals surface area contributed by atoms with Crippen molar-refractivity contribution in [2.24, 2.45) is 0 Å². The number of hydrogen-bond acceptors (Lipinski definition) is 5. The van der Waals surface area contributed by atoms with Gasteiger partial charge in [0.1, 0.15) is 11.3 Å². The highest BCUT2D eigenvalue weighted by molar-refractivity contribution is 5.81. The molecule has 2 heterocycles. The number of hydrogen-bond donors (Lipinski definition) is 0. The van der Waals surface area contributed by atoms with E-state index in [-0.39, 0.29) is 5.63 Å². The summed E-state index contributed by atoms with van der Waals surface area (Å²) >= 11 is 0. The number of rotatable bonds is 5. The molecule has 2 aromatic carbocycles. The Kier molecular flexibility index (Phi) is 5.46. The van der Waals surface area contributed by atoms with Crippen molar-refractivity contribution in [1.82, 2.24) is 9.80 Å². The van der Waals surface area contributed by atoms with Crippen molar-refractivity contribution in [3.63, 3.8) is 0 Å². The summed E-state index contributed by atoms with van der Waals surface area (Å²) in [5.74, 6) is 0.692. The second-order valence-corrected chi connectivity index (χ2v) is 7.43. The normalized spacial score (nSPS) is 15.8. The van der Waals surface area contributed by atoms with E-state index in [0.717, 1.165) is 50.2 Å². The Bertz CT molecular complexity index is 1020. The van der Waals surface area contributed by atoms with Gasteiger partial charge in [-0.15, -0.1) is 0 Å². The van der Waals surface area contributed by atoms with Crippen LogP contribution in [-0.2, 0) is 13.1 Å². The molecule has 0 radical (unpaired) electrons. The third kappa shape index (κ3) is 4.11. The van der Waals surface area contributed by atoms with E-state index in [9.17, 15) is 4.79 Å². The van der Waals surface area contributed by atoms with Crippen LogP contribution in [0.5, 0.6) is 5.75 Å². The third-order valence-corrected chi connectivity index (χ3v) is 5.55. The van der Waals surface area contributed by atoms with E-state index >= 15 is 0 Å². The average molecular weight is 378 g/mol. The summed E-state index contributed by atoms with van der Waals surface area (Å²) in [7, 11) is 1.61. The van der Waals surface area contributed by atoms with Crippen LogP contribution in [0.4, 0.5) is 0 Å². The minimum Gasteiger partial charge on any atom is -0.497 e. The molecular weight excluding hydrogens is 352 g/mol. The minimum absolute atomic E-state index is 0.311. The molecule has 0 unspecified atom stereocenters. The summed E-state index contributed by atoms with van der Waals surface area (Å²) < 4.78 is 10.6. The lowest BCUT2D eigenvalue weighted by molar-refractivity contribution is 0.122. The Morgan fingerprint density at radius 2 is 1.61 bits per heavy atom. The van der Waals surface area contributed by atoms with Crippen LogP contribution >= 0.6 is 0 Å². The van der Waals surface area contributed by atoms with Crippen LogP contribution in [0, 0.1) is 6.92 Å². The number of nitrogens with zero attached hydrogens (tertiary/aromatic N) is 2. The maximum atomic E-state index is 12.0. The topological polar surface area (TPSA) is 45.9 Å². The van der Waals surface area contributed by atoms with Gasteiger partial charge in [0, 0.05) is 56.8 Å². The number of aryl methyl sites for hydroxylation is 1. The molecule has 1 aromatic heterocycles. The zero-order valence-corrected chi connectivity index (χ0v) is 16.5. The number of ether oxygens (including phenoxy) is 1. The second kappa shape index (κ2) is 8.17. The zero-order chi connectivity index (χ0) is 19.5.